The Morgan fingerprint density at radius 2 is 1.67 bits per heavy atom. The first kappa shape index (κ1) is 23.6. The molecule has 160 valence electrons. The molecule has 0 aliphatic carbocycles. The van der Waals surface area contributed by atoms with E-state index in [-0.39, 0.29) is 18.4 Å². The third-order valence-electron chi connectivity index (χ3n) is 4.32. The Balaban J connectivity index is 2.22. The van der Waals surface area contributed by atoms with E-state index in [1.54, 1.807) is 18.2 Å². The Hall–Kier alpha value is -2.64. The largest absolute Gasteiger partial charge is 0.467 e. The number of halogens is 3. The predicted octanol–water partition coefficient (Wildman–Crippen LogP) is 3.08. The van der Waals surface area contributed by atoms with Crippen LogP contribution in [0.2, 0.25) is 10.0 Å². The highest BCUT2D eigenvalue weighted by Crippen LogP contribution is 2.22. The number of ether oxygens (including phenoxy) is 1. The van der Waals surface area contributed by atoms with E-state index in [4.69, 9.17) is 27.9 Å². The Bertz CT molecular complexity index is 939. The summed E-state index contributed by atoms with van der Waals surface area (Å²) in [6.45, 7) is 1.24. The van der Waals surface area contributed by atoms with Crippen LogP contribution in [0.5, 0.6) is 0 Å². The van der Waals surface area contributed by atoms with Crippen molar-refractivity contribution in [1.29, 1.82) is 0 Å². The third kappa shape index (κ3) is 6.71. The SMILES string of the molecule is COC(=O)[C@H](Cc1ccc(Cl)cc1Cl)NC(=O)[C@@H](Cc1ccccc1F)NC(C)=O. The first-order chi connectivity index (χ1) is 14.2. The molecule has 6 nitrogen and oxygen atoms in total. The number of rotatable bonds is 8. The van der Waals surface area contributed by atoms with Crippen LogP contribution in [0.25, 0.3) is 0 Å². The second kappa shape index (κ2) is 10.9. The van der Waals surface area contributed by atoms with Crippen LogP contribution in [0.1, 0.15) is 18.1 Å². The van der Waals surface area contributed by atoms with Crippen LogP contribution in [0, 0.1) is 5.82 Å². The van der Waals surface area contributed by atoms with Crippen molar-refractivity contribution in [3.05, 3.63) is 69.5 Å². The molecule has 0 aliphatic heterocycles. The van der Waals surface area contributed by atoms with Crippen LogP contribution in [0.3, 0.4) is 0 Å². The molecule has 2 amide bonds. The second-order valence-corrected chi connectivity index (χ2v) is 7.42. The van der Waals surface area contributed by atoms with Gasteiger partial charge in [-0.3, -0.25) is 9.59 Å². The van der Waals surface area contributed by atoms with E-state index in [0.717, 1.165) is 0 Å². The molecule has 0 fully saturated rings. The van der Waals surface area contributed by atoms with Crippen LogP contribution in [-0.4, -0.2) is 37.0 Å². The highest BCUT2D eigenvalue weighted by molar-refractivity contribution is 6.35. The molecule has 2 rings (SSSR count). The van der Waals surface area contributed by atoms with Gasteiger partial charge in [0.2, 0.25) is 11.8 Å². The summed E-state index contributed by atoms with van der Waals surface area (Å²) in [6.07, 6.45) is -0.0470. The van der Waals surface area contributed by atoms with Crippen molar-refractivity contribution in [2.75, 3.05) is 7.11 Å². The van der Waals surface area contributed by atoms with Crippen molar-refractivity contribution in [2.24, 2.45) is 0 Å². The number of esters is 1. The van der Waals surface area contributed by atoms with E-state index in [0.29, 0.717) is 15.6 Å². The molecule has 0 aromatic heterocycles. The zero-order chi connectivity index (χ0) is 22.3. The number of carbonyl (C=O) groups is 3. The van der Waals surface area contributed by atoms with Gasteiger partial charge in [-0.1, -0.05) is 47.5 Å². The maximum atomic E-state index is 14.0. The van der Waals surface area contributed by atoms with E-state index in [2.05, 4.69) is 10.6 Å². The standard InChI is InChI=1S/C21H21Cl2FN2O4/c1-12(27)25-18(10-14-5-3-4-6-17(14)24)20(28)26-19(21(29)30-2)9-13-7-8-15(22)11-16(13)23/h3-8,11,18-19H,9-10H2,1-2H3,(H,25,27)(H,26,28)/t18-,19+/m1/s1. The van der Waals surface area contributed by atoms with Gasteiger partial charge in [0, 0.05) is 29.8 Å². The van der Waals surface area contributed by atoms with E-state index in [1.165, 1.54) is 38.3 Å². The lowest BCUT2D eigenvalue weighted by molar-refractivity contribution is -0.145. The minimum absolute atomic E-state index is 0.0426. The van der Waals surface area contributed by atoms with Crippen LogP contribution in [0.4, 0.5) is 4.39 Å². The molecule has 0 unspecified atom stereocenters. The molecule has 2 atom stereocenters. The van der Waals surface area contributed by atoms with E-state index >= 15 is 0 Å². The van der Waals surface area contributed by atoms with Crippen molar-refractivity contribution in [3.8, 4) is 0 Å². The van der Waals surface area contributed by atoms with Gasteiger partial charge in [-0.25, -0.2) is 9.18 Å². The number of amides is 2. The lowest BCUT2D eigenvalue weighted by atomic mass is 10.0. The zero-order valence-electron chi connectivity index (χ0n) is 16.4. The average molecular weight is 455 g/mol. The van der Waals surface area contributed by atoms with Crippen LogP contribution in [-0.2, 0) is 32.0 Å². The summed E-state index contributed by atoms with van der Waals surface area (Å²) in [4.78, 5) is 36.6. The smallest absolute Gasteiger partial charge is 0.328 e. The highest BCUT2D eigenvalue weighted by atomic mass is 35.5. The van der Waals surface area contributed by atoms with Crippen molar-refractivity contribution in [3.63, 3.8) is 0 Å². The molecule has 2 aromatic carbocycles. The fourth-order valence-corrected chi connectivity index (χ4v) is 3.34. The molecule has 0 radical (unpaired) electrons. The summed E-state index contributed by atoms with van der Waals surface area (Å²) < 4.78 is 18.8. The molecular formula is C21H21Cl2FN2O4. The minimum atomic E-state index is -1.09. The van der Waals surface area contributed by atoms with E-state index in [9.17, 15) is 18.8 Å². The van der Waals surface area contributed by atoms with Gasteiger partial charge in [0.15, 0.2) is 0 Å². The first-order valence-corrected chi connectivity index (χ1v) is 9.79. The predicted molar refractivity (Wildman–Crippen MR) is 112 cm³/mol. The third-order valence-corrected chi connectivity index (χ3v) is 4.90. The molecule has 0 saturated carbocycles. The van der Waals surface area contributed by atoms with Gasteiger partial charge < -0.3 is 15.4 Å². The second-order valence-electron chi connectivity index (χ2n) is 6.57. The molecule has 2 aromatic rings. The molecule has 0 heterocycles. The van der Waals surface area contributed by atoms with E-state index < -0.39 is 35.7 Å². The van der Waals surface area contributed by atoms with Gasteiger partial charge in [0.1, 0.15) is 17.9 Å². The average Bonchev–Trinajstić information content (AvgIpc) is 2.69. The van der Waals surface area contributed by atoms with Crippen LogP contribution >= 0.6 is 23.2 Å². The summed E-state index contributed by atoms with van der Waals surface area (Å²) in [7, 11) is 1.19. The fraction of sp³-hybridized carbons (Fsp3) is 0.286. The summed E-state index contributed by atoms with van der Waals surface area (Å²) >= 11 is 12.1. The van der Waals surface area contributed by atoms with Gasteiger partial charge in [-0.15, -0.1) is 0 Å². The first-order valence-electron chi connectivity index (χ1n) is 9.04. The lowest BCUT2D eigenvalue weighted by Crippen LogP contribution is -2.53. The number of benzene rings is 2. The molecule has 0 bridgehead atoms. The Morgan fingerprint density at radius 3 is 2.27 bits per heavy atom. The molecule has 0 aliphatic rings. The van der Waals surface area contributed by atoms with Gasteiger partial charge in [-0.2, -0.15) is 0 Å². The molecule has 9 heteroatoms. The highest BCUT2D eigenvalue weighted by Gasteiger charge is 2.28. The quantitative estimate of drug-likeness (QED) is 0.600. The Morgan fingerprint density at radius 1 is 1.00 bits per heavy atom. The molecule has 30 heavy (non-hydrogen) atoms. The number of hydrogen-bond donors (Lipinski definition) is 2. The molecule has 2 N–H and O–H groups in total. The number of hydrogen-bond acceptors (Lipinski definition) is 4. The van der Waals surface area contributed by atoms with Crippen molar-refractivity contribution in [1.82, 2.24) is 10.6 Å². The van der Waals surface area contributed by atoms with E-state index in [1.807, 2.05) is 0 Å². The lowest BCUT2D eigenvalue weighted by Gasteiger charge is -2.22. The Labute approximate surface area is 183 Å². The summed E-state index contributed by atoms with van der Waals surface area (Å²) in [5.74, 6) is -2.32. The molecular weight excluding hydrogens is 434 g/mol. The number of nitrogens with one attached hydrogen (secondary N) is 2. The maximum Gasteiger partial charge on any atom is 0.328 e. The van der Waals surface area contributed by atoms with Crippen molar-refractivity contribution >= 4 is 41.0 Å². The fourth-order valence-electron chi connectivity index (χ4n) is 2.85. The van der Waals surface area contributed by atoms with Crippen molar-refractivity contribution in [2.45, 2.75) is 31.8 Å². The monoisotopic (exact) mass is 454 g/mol. The van der Waals surface area contributed by atoms with Crippen LogP contribution < -0.4 is 10.6 Å². The van der Waals surface area contributed by atoms with Crippen LogP contribution in [0.15, 0.2) is 42.5 Å². The summed E-state index contributed by atoms with van der Waals surface area (Å²) in [5, 5.41) is 5.81. The normalized spacial score (nSPS) is 12.6. The number of methoxy groups -OCH3 is 1. The number of carbonyl (C=O) groups excluding carboxylic acids is 3. The maximum absolute atomic E-state index is 14.0. The van der Waals surface area contributed by atoms with Gasteiger partial charge in [-0.05, 0) is 29.3 Å². The Kier molecular flexibility index (Phi) is 8.62. The summed E-state index contributed by atoms with van der Waals surface area (Å²) in [6, 6.07) is 8.53. The molecule has 0 saturated heterocycles. The minimum Gasteiger partial charge on any atom is -0.467 e. The van der Waals surface area contributed by atoms with Gasteiger partial charge >= 0.3 is 5.97 Å². The van der Waals surface area contributed by atoms with Gasteiger partial charge in [0.05, 0.1) is 7.11 Å². The zero-order valence-corrected chi connectivity index (χ0v) is 17.9. The summed E-state index contributed by atoms with van der Waals surface area (Å²) in [5.41, 5.74) is 0.823. The van der Waals surface area contributed by atoms with Crippen molar-refractivity contribution < 1.29 is 23.5 Å². The topological polar surface area (TPSA) is 84.5 Å². The van der Waals surface area contributed by atoms with Gasteiger partial charge in [0.25, 0.3) is 0 Å². The molecule has 0 spiro atoms.